The quantitative estimate of drug-likeness (QED) is 0.611. The molecular formula is C19H18F2N2O2. The van der Waals surface area contributed by atoms with Crippen molar-refractivity contribution in [2.75, 3.05) is 0 Å². The molecule has 0 radical (unpaired) electrons. The molecule has 0 aliphatic carbocycles. The standard InChI is InChI=1S/C19H18F2N2O2/c1-13(25-17(24)12-11-14-7-3-2-4-8-14)18-22-15-9-5-6-10-16(15)23(18)19(20)21/h2-10,13,19H,11-12H2,1H3. The topological polar surface area (TPSA) is 44.1 Å². The van der Waals surface area contributed by atoms with Gasteiger partial charge in [0.25, 0.3) is 0 Å². The fourth-order valence-electron chi connectivity index (χ4n) is 2.75. The van der Waals surface area contributed by atoms with Crippen molar-refractivity contribution in [3.05, 3.63) is 66.0 Å². The van der Waals surface area contributed by atoms with Crippen molar-refractivity contribution in [2.45, 2.75) is 32.4 Å². The first-order valence-electron chi connectivity index (χ1n) is 8.04. The van der Waals surface area contributed by atoms with Crippen LogP contribution in [-0.2, 0) is 16.0 Å². The highest BCUT2D eigenvalue weighted by atomic mass is 19.3. The number of benzene rings is 2. The summed E-state index contributed by atoms with van der Waals surface area (Å²) in [7, 11) is 0. The zero-order chi connectivity index (χ0) is 17.8. The molecule has 130 valence electrons. The van der Waals surface area contributed by atoms with E-state index in [9.17, 15) is 13.6 Å². The maximum atomic E-state index is 13.4. The van der Waals surface area contributed by atoms with Gasteiger partial charge in [0.15, 0.2) is 11.9 Å². The third kappa shape index (κ3) is 3.84. The van der Waals surface area contributed by atoms with Crippen molar-refractivity contribution in [2.24, 2.45) is 0 Å². The van der Waals surface area contributed by atoms with E-state index in [-0.39, 0.29) is 12.2 Å². The maximum Gasteiger partial charge on any atom is 0.320 e. The second-order valence-corrected chi connectivity index (χ2v) is 5.72. The molecule has 0 N–H and O–H groups in total. The third-order valence-corrected chi connectivity index (χ3v) is 3.95. The number of halogens is 2. The average Bonchev–Trinajstić information content (AvgIpc) is 3.01. The van der Waals surface area contributed by atoms with Gasteiger partial charge in [-0.2, -0.15) is 8.78 Å². The molecule has 0 amide bonds. The molecule has 4 nitrogen and oxygen atoms in total. The van der Waals surface area contributed by atoms with Crippen LogP contribution in [0.1, 0.15) is 37.4 Å². The van der Waals surface area contributed by atoms with Crippen molar-refractivity contribution in [1.29, 1.82) is 0 Å². The van der Waals surface area contributed by atoms with Crippen LogP contribution in [0.4, 0.5) is 8.78 Å². The minimum atomic E-state index is -2.76. The lowest BCUT2D eigenvalue weighted by molar-refractivity contribution is -0.149. The van der Waals surface area contributed by atoms with Crippen molar-refractivity contribution in [1.82, 2.24) is 9.55 Å². The van der Waals surface area contributed by atoms with Gasteiger partial charge in [-0.1, -0.05) is 42.5 Å². The van der Waals surface area contributed by atoms with Crippen molar-refractivity contribution in [3.8, 4) is 0 Å². The summed E-state index contributed by atoms with van der Waals surface area (Å²) in [5.74, 6) is -0.395. The Morgan fingerprint density at radius 1 is 1.12 bits per heavy atom. The first-order valence-corrected chi connectivity index (χ1v) is 8.04. The first kappa shape index (κ1) is 17.1. The Kier molecular flexibility index (Phi) is 5.07. The van der Waals surface area contributed by atoms with Crippen molar-refractivity contribution >= 4 is 17.0 Å². The monoisotopic (exact) mass is 344 g/mol. The van der Waals surface area contributed by atoms with Gasteiger partial charge in [0.05, 0.1) is 11.0 Å². The molecule has 1 atom stereocenters. The van der Waals surface area contributed by atoms with Crippen LogP contribution in [0.3, 0.4) is 0 Å². The van der Waals surface area contributed by atoms with E-state index in [0.717, 1.165) is 10.1 Å². The molecule has 2 aromatic carbocycles. The number of carbonyl (C=O) groups excluding carboxylic acids is 1. The predicted octanol–water partition coefficient (Wildman–Crippen LogP) is 4.67. The number of carbonyl (C=O) groups is 1. The van der Waals surface area contributed by atoms with Gasteiger partial charge in [0.2, 0.25) is 0 Å². The van der Waals surface area contributed by atoms with E-state index in [1.807, 2.05) is 30.3 Å². The van der Waals surface area contributed by atoms with E-state index in [4.69, 9.17) is 4.74 Å². The highest BCUT2D eigenvalue weighted by molar-refractivity contribution is 5.76. The van der Waals surface area contributed by atoms with Gasteiger partial charge in [-0.05, 0) is 31.0 Å². The fraction of sp³-hybridized carbons (Fsp3) is 0.263. The Morgan fingerprint density at radius 2 is 1.80 bits per heavy atom. The number of fused-ring (bicyclic) bond motifs is 1. The zero-order valence-corrected chi connectivity index (χ0v) is 13.7. The molecule has 0 bridgehead atoms. The number of aromatic nitrogens is 2. The summed E-state index contributed by atoms with van der Waals surface area (Å²) in [6.45, 7) is -1.20. The summed E-state index contributed by atoms with van der Waals surface area (Å²) < 4.78 is 33.0. The summed E-state index contributed by atoms with van der Waals surface area (Å²) in [6.07, 6.45) is -0.134. The van der Waals surface area contributed by atoms with Gasteiger partial charge < -0.3 is 4.74 Å². The SMILES string of the molecule is CC(OC(=O)CCc1ccccc1)c1nc2ccccc2n1C(F)F. The smallest absolute Gasteiger partial charge is 0.320 e. The number of rotatable bonds is 6. The van der Waals surface area contributed by atoms with Gasteiger partial charge in [-0.3, -0.25) is 9.36 Å². The van der Waals surface area contributed by atoms with E-state index in [0.29, 0.717) is 17.5 Å². The molecule has 0 aliphatic heterocycles. The van der Waals surface area contributed by atoms with E-state index < -0.39 is 18.6 Å². The summed E-state index contributed by atoms with van der Waals surface area (Å²) in [6, 6.07) is 16.2. The second-order valence-electron chi connectivity index (χ2n) is 5.72. The summed E-state index contributed by atoms with van der Waals surface area (Å²) in [5.41, 5.74) is 1.79. The van der Waals surface area contributed by atoms with Crippen LogP contribution in [0.25, 0.3) is 11.0 Å². The molecule has 1 unspecified atom stereocenters. The van der Waals surface area contributed by atoms with Gasteiger partial charge in [-0.25, -0.2) is 4.98 Å². The normalized spacial score (nSPS) is 12.5. The van der Waals surface area contributed by atoms with Crippen LogP contribution in [0.15, 0.2) is 54.6 Å². The number of imidazole rings is 1. The van der Waals surface area contributed by atoms with Crippen LogP contribution in [0.5, 0.6) is 0 Å². The van der Waals surface area contributed by atoms with E-state index in [2.05, 4.69) is 4.98 Å². The lowest BCUT2D eigenvalue weighted by Crippen LogP contribution is -2.15. The van der Waals surface area contributed by atoms with Gasteiger partial charge in [0.1, 0.15) is 0 Å². The molecular weight excluding hydrogens is 326 g/mol. The Morgan fingerprint density at radius 3 is 2.52 bits per heavy atom. The van der Waals surface area contributed by atoms with E-state index in [1.54, 1.807) is 31.2 Å². The summed E-state index contributed by atoms with van der Waals surface area (Å²) in [5, 5.41) is 0. The highest BCUT2D eigenvalue weighted by Gasteiger charge is 2.24. The summed E-state index contributed by atoms with van der Waals surface area (Å²) in [4.78, 5) is 16.3. The lowest BCUT2D eigenvalue weighted by Gasteiger charge is -2.15. The molecule has 6 heteroatoms. The number of para-hydroxylation sites is 2. The minimum absolute atomic E-state index is 0.0456. The minimum Gasteiger partial charge on any atom is -0.454 e. The van der Waals surface area contributed by atoms with Gasteiger partial charge in [0, 0.05) is 6.42 Å². The molecule has 3 aromatic rings. The first-order chi connectivity index (χ1) is 12.1. The molecule has 0 fully saturated rings. The van der Waals surface area contributed by atoms with Crippen molar-refractivity contribution in [3.63, 3.8) is 0 Å². The largest absolute Gasteiger partial charge is 0.454 e. The number of nitrogens with zero attached hydrogens (tertiary/aromatic N) is 2. The molecule has 25 heavy (non-hydrogen) atoms. The maximum absolute atomic E-state index is 13.4. The lowest BCUT2D eigenvalue weighted by atomic mass is 10.1. The van der Waals surface area contributed by atoms with E-state index >= 15 is 0 Å². The number of esters is 1. The Hall–Kier alpha value is -2.76. The molecule has 3 rings (SSSR count). The predicted molar refractivity (Wildman–Crippen MR) is 90.3 cm³/mol. The third-order valence-electron chi connectivity index (χ3n) is 3.95. The van der Waals surface area contributed by atoms with Gasteiger partial charge in [-0.15, -0.1) is 0 Å². The molecule has 1 aromatic heterocycles. The number of hydrogen-bond acceptors (Lipinski definition) is 3. The molecule has 0 saturated carbocycles. The van der Waals surface area contributed by atoms with Gasteiger partial charge >= 0.3 is 12.5 Å². The van der Waals surface area contributed by atoms with E-state index in [1.165, 1.54) is 0 Å². The molecule has 0 spiro atoms. The Bertz CT molecular complexity index is 862. The van der Waals surface area contributed by atoms with Crippen LogP contribution >= 0.6 is 0 Å². The number of hydrogen-bond donors (Lipinski definition) is 0. The van der Waals surface area contributed by atoms with Crippen LogP contribution in [-0.4, -0.2) is 15.5 Å². The van der Waals surface area contributed by atoms with Crippen LogP contribution in [0, 0.1) is 0 Å². The number of ether oxygens (including phenoxy) is 1. The Balaban J connectivity index is 1.72. The Labute approximate surface area is 144 Å². The van der Waals surface area contributed by atoms with Crippen molar-refractivity contribution < 1.29 is 18.3 Å². The second kappa shape index (κ2) is 7.42. The fourth-order valence-corrected chi connectivity index (χ4v) is 2.75. The number of aryl methyl sites for hydroxylation is 1. The summed E-state index contributed by atoms with van der Waals surface area (Å²) >= 11 is 0. The molecule has 1 heterocycles. The van der Waals surface area contributed by atoms with Crippen LogP contribution in [0.2, 0.25) is 0 Å². The number of alkyl halides is 2. The average molecular weight is 344 g/mol. The zero-order valence-electron chi connectivity index (χ0n) is 13.7. The highest BCUT2D eigenvalue weighted by Crippen LogP contribution is 2.28. The van der Waals surface area contributed by atoms with Crippen LogP contribution < -0.4 is 0 Å². The molecule has 0 saturated heterocycles. The molecule has 0 aliphatic rings.